The lowest BCUT2D eigenvalue weighted by Crippen LogP contribution is -2.30. The van der Waals surface area contributed by atoms with Crippen molar-refractivity contribution in [2.24, 2.45) is 5.92 Å². The van der Waals surface area contributed by atoms with Crippen molar-refractivity contribution in [2.75, 3.05) is 20.3 Å². The fourth-order valence-corrected chi connectivity index (χ4v) is 3.12. The topological polar surface area (TPSA) is 21.3 Å². The van der Waals surface area contributed by atoms with Crippen molar-refractivity contribution in [1.82, 2.24) is 5.32 Å². The summed E-state index contributed by atoms with van der Waals surface area (Å²) in [4.78, 5) is 0. The lowest BCUT2D eigenvalue weighted by atomic mass is 9.87. The van der Waals surface area contributed by atoms with Gasteiger partial charge in [0.1, 0.15) is 0 Å². The van der Waals surface area contributed by atoms with E-state index in [4.69, 9.17) is 4.74 Å². The van der Waals surface area contributed by atoms with Crippen molar-refractivity contribution in [1.29, 1.82) is 0 Å². The van der Waals surface area contributed by atoms with Gasteiger partial charge in [0.2, 0.25) is 0 Å². The molecule has 0 saturated carbocycles. The van der Waals surface area contributed by atoms with Gasteiger partial charge >= 0.3 is 0 Å². The molecule has 94 valence electrons. The van der Waals surface area contributed by atoms with Gasteiger partial charge in [-0.15, -0.1) is 0 Å². The zero-order valence-corrected chi connectivity index (χ0v) is 12.1. The second-order valence-electron chi connectivity index (χ2n) is 4.69. The fraction of sp³-hybridized carbons (Fsp3) is 0.571. The lowest BCUT2D eigenvalue weighted by molar-refractivity contribution is 0.0545. The van der Waals surface area contributed by atoms with Gasteiger partial charge < -0.3 is 10.1 Å². The third kappa shape index (κ3) is 2.90. The highest BCUT2D eigenvalue weighted by molar-refractivity contribution is 9.10. The van der Waals surface area contributed by atoms with Gasteiger partial charge in [-0.1, -0.05) is 34.1 Å². The van der Waals surface area contributed by atoms with E-state index in [0.29, 0.717) is 12.0 Å². The number of hydrogen-bond donors (Lipinski definition) is 1. The molecule has 1 N–H and O–H groups in total. The van der Waals surface area contributed by atoms with E-state index in [0.717, 1.165) is 26.1 Å². The summed E-state index contributed by atoms with van der Waals surface area (Å²) in [6.07, 6.45) is 2.29. The molecule has 1 aromatic carbocycles. The number of ether oxygens (including phenoxy) is 1. The molecule has 0 radical (unpaired) electrons. The molecule has 1 aliphatic heterocycles. The van der Waals surface area contributed by atoms with Crippen LogP contribution in [0.1, 0.15) is 30.0 Å². The number of rotatable bonds is 3. The molecule has 2 nitrogen and oxygen atoms in total. The monoisotopic (exact) mass is 297 g/mol. The summed E-state index contributed by atoms with van der Waals surface area (Å²) in [5.41, 5.74) is 2.68. The smallest absolute Gasteiger partial charge is 0.0469 e. The van der Waals surface area contributed by atoms with E-state index in [9.17, 15) is 0 Å². The molecule has 0 aromatic heterocycles. The normalized spacial score (nSPS) is 19.2. The van der Waals surface area contributed by atoms with Gasteiger partial charge in [-0.25, -0.2) is 0 Å². The summed E-state index contributed by atoms with van der Waals surface area (Å²) < 4.78 is 6.69. The molecule has 1 aliphatic rings. The second kappa shape index (κ2) is 5.98. The van der Waals surface area contributed by atoms with E-state index in [1.54, 1.807) is 0 Å². The van der Waals surface area contributed by atoms with Crippen LogP contribution in [-0.2, 0) is 4.74 Å². The van der Waals surface area contributed by atoms with Crippen LogP contribution in [0.25, 0.3) is 0 Å². The molecular weight excluding hydrogens is 278 g/mol. The van der Waals surface area contributed by atoms with Crippen molar-refractivity contribution in [2.45, 2.75) is 25.8 Å². The quantitative estimate of drug-likeness (QED) is 0.923. The molecule has 0 aliphatic carbocycles. The molecule has 1 heterocycles. The van der Waals surface area contributed by atoms with Crippen LogP contribution in [0.4, 0.5) is 0 Å². The molecule has 0 spiro atoms. The Labute approximate surface area is 112 Å². The second-order valence-corrected chi connectivity index (χ2v) is 5.49. The molecule has 1 atom stereocenters. The Hall–Kier alpha value is -0.380. The summed E-state index contributed by atoms with van der Waals surface area (Å²) in [5.74, 6) is 0.673. The van der Waals surface area contributed by atoms with E-state index in [1.807, 2.05) is 0 Å². The Balaban J connectivity index is 2.24. The third-order valence-electron chi connectivity index (χ3n) is 3.61. The molecule has 1 unspecified atom stereocenters. The average molecular weight is 298 g/mol. The summed E-state index contributed by atoms with van der Waals surface area (Å²) >= 11 is 3.72. The molecule has 2 rings (SSSR count). The van der Waals surface area contributed by atoms with Crippen LogP contribution < -0.4 is 5.32 Å². The van der Waals surface area contributed by atoms with Crippen molar-refractivity contribution in [3.63, 3.8) is 0 Å². The number of aryl methyl sites for hydroxylation is 1. The van der Waals surface area contributed by atoms with E-state index in [1.165, 1.54) is 15.6 Å². The van der Waals surface area contributed by atoms with Gasteiger partial charge in [0.05, 0.1) is 0 Å². The molecule has 17 heavy (non-hydrogen) atoms. The fourth-order valence-electron chi connectivity index (χ4n) is 2.60. The zero-order valence-electron chi connectivity index (χ0n) is 10.5. The van der Waals surface area contributed by atoms with Crippen molar-refractivity contribution in [3.8, 4) is 0 Å². The van der Waals surface area contributed by atoms with E-state index in [2.05, 4.69) is 53.4 Å². The standard InChI is InChI=1S/C14H20BrNO/c1-10-4-3-5-12(13(10)15)14(16-2)11-6-8-17-9-7-11/h3-5,11,14,16H,6-9H2,1-2H3. The highest BCUT2D eigenvalue weighted by atomic mass is 79.9. The van der Waals surface area contributed by atoms with Crippen molar-refractivity contribution < 1.29 is 4.74 Å². The Morgan fingerprint density at radius 2 is 2.06 bits per heavy atom. The van der Waals surface area contributed by atoms with Crippen LogP contribution in [0, 0.1) is 12.8 Å². The van der Waals surface area contributed by atoms with Crippen LogP contribution >= 0.6 is 15.9 Å². The number of nitrogens with one attached hydrogen (secondary N) is 1. The predicted molar refractivity (Wildman–Crippen MR) is 74.2 cm³/mol. The maximum absolute atomic E-state index is 5.44. The molecule has 1 fully saturated rings. The molecule has 1 saturated heterocycles. The molecule has 0 bridgehead atoms. The average Bonchev–Trinajstić information content (AvgIpc) is 2.37. The predicted octanol–water partition coefficient (Wildman–Crippen LogP) is 3.44. The van der Waals surface area contributed by atoms with E-state index in [-0.39, 0.29) is 0 Å². The first-order valence-electron chi connectivity index (χ1n) is 6.24. The minimum absolute atomic E-state index is 0.424. The Morgan fingerprint density at radius 1 is 1.35 bits per heavy atom. The Kier molecular flexibility index (Phi) is 4.60. The van der Waals surface area contributed by atoms with Gasteiger partial charge in [-0.2, -0.15) is 0 Å². The minimum Gasteiger partial charge on any atom is -0.381 e. The molecule has 3 heteroatoms. The van der Waals surface area contributed by atoms with Crippen molar-refractivity contribution >= 4 is 15.9 Å². The maximum Gasteiger partial charge on any atom is 0.0469 e. The van der Waals surface area contributed by atoms with Gasteiger partial charge in [-0.3, -0.25) is 0 Å². The summed E-state index contributed by atoms with van der Waals surface area (Å²) in [6, 6.07) is 6.92. The van der Waals surface area contributed by atoms with Gasteiger partial charge in [0.25, 0.3) is 0 Å². The first-order valence-corrected chi connectivity index (χ1v) is 7.03. The molecule has 1 aromatic rings. The highest BCUT2D eigenvalue weighted by Gasteiger charge is 2.25. The van der Waals surface area contributed by atoms with E-state index >= 15 is 0 Å². The summed E-state index contributed by atoms with van der Waals surface area (Å²) in [7, 11) is 2.05. The largest absolute Gasteiger partial charge is 0.381 e. The van der Waals surface area contributed by atoms with Gasteiger partial charge in [-0.05, 0) is 43.9 Å². The van der Waals surface area contributed by atoms with Crippen LogP contribution in [0.5, 0.6) is 0 Å². The van der Waals surface area contributed by atoms with Crippen molar-refractivity contribution in [3.05, 3.63) is 33.8 Å². The van der Waals surface area contributed by atoms with Gasteiger partial charge in [0, 0.05) is 23.7 Å². The maximum atomic E-state index is 5.44. The Morgan fingerprint density at radius 3 is 2.71 bits per heavy atom. The number of benzene rings is 1. The van der Waals surface area contributed by atoms with Crippen LogP contribution in [0.15, 0.2) is 22.7 Å². The zero-order chi connectivity index (χ0) is 12.3. The molecular formula is C14H20BrNO. The van der Waals surface area contributed by atoms with Crippen LogP contribution in [-0.4, -0.2) is 20.3 Å². The van der Waals surface area contributed by atoms with E-state index < -0.39 is 0 Å². The van der Waals surface area contributed by atoms with Crippen LogP contribution in [0.3, 0.4) is 0 Å². The number of hydrogen-bond acceptors (Lipinski definition) is 2. The molecule has 0 amide bonds. The SMILES string of the molecule is CNC(c1cccc(C)c1Br)C1CCOCC1. The van der Waals surface area contributed by atoms with Crippen LogP contribution in [0.2, 0.25) is 0 Å². The minimum atomic E-state index is 0.424. The highest BCUT2D eigenvalue weighted by Crippen LogP contribution is 2.34. The first-order chi connectivity index (χ1) is 8.24. The summed E-state index contributed by atoms with van der Waals surface area (Å²) in [6.45, 7) is 3.93. The van der Waals surface area contributed by atoms with Gasteiger partial charge in [0.15, 0.2) is 0 Å². The lowest BCUT2D eigenvalue weighted by Gasteiger charge is -2.31. The summed E-state index contributed by atoms with van der Waals surface area (Å²) in [5, 5.41) is 3.47. The Bertz CT molecular complexity index is 374. The number of halogens is 1. The first kappa shape index (κ1) is 13.1. The third-order valence-corrected chi connectivity index (χ3v) is 4.69.